The second-order valence-electron chi connectivity index (χ2n) is 5.11. The van der Waals surface area contributed by atoms with Crippen molar-refractivity contribution in [3.63, 3.8) is 0 Å². The summed E-state index contributed by atoms with van der Waals surface area (Å²) in [5.74, 6) is -1.37. The van der Waals surface area contributed by atoms with Gasteiger partial charge in [-0.05, 0) is 18.2 Å². The van der Waals surface area contributed by atoms with E-state index in [1.54, 1.807) is 20.8 Å². The standard InChI is InChI=1S/C13H16ClFN2O2/c1-13(2,3)12(19)16-7-11(18)17-10-5-4-8(14)6-9(10)15/h4-6H,7H2,1-3H3,(H,16,19)(H,17,18). The first-order valence-corrected chi connectivity index (χ1v) is 6.11. The molecule has 0 aliphatic rings. The van der Waals surface area contributed by atoms with Crippen LogP contribution in [0.1, 0.15) is 20.8 Å². The lowest BCUT2D eigenvalue weighted by Gasteiger charge is -2.17. The Balaban J connectivity index is 2.54. The monoisotopic (exact) mass is 286 g/mol. The van der Waals surface area contributed by atoms with Gasteiger partial charge >= 0.3 is 0 Å². The third-order valence-electron chi connectivity index (χ3n) is 2.30. The number of carbonyl (C=O) groups is 2. The number of anilines is 1. The zero-order valence-electron chi connectivity index (χ0n) is 11.0. The van der Waals surface area contributed by atoms with Gasteiger partial charge in [0.05, 0.1) is 12.2 Å². The van der Waals surface area contributed by atoms with E-state index >= 15 is 0 Å². The lowest BCUT2D eigenvalue weighted by molar-refractivity contribution is -0.130. The summed E-state index contributed by atoms with van der Waals surface area (Å²) < 4.78 is 13.4. The van der Waals surface area contributed by atoms with E-state index in [1.165, 1.54) is 12.1 Å². The number of nitrogens with one attached hydrogen (secondary N) is 2. The highest BCUT2D eigenvalue weighted by Gasteiger charge is 2.21. The summed E-state index contributed by atoms with van der Waals surface area (Å²) in [6.07, 6.45) is 0. The number of rotatable bonds is 3. The number of halogens is 2. The highest BCUT2D eigenvalue weighted by molar-refractivity contribution is 6.30. The van der Waals surface area contributed by atoms with Crippen LogP contribution in [-0.2, 0) is 9.59 Å². The zero-order valence-corrected chi connectivity index (χ0v) is 11.8. The molecule has 1 aromatic rings. The van der Waals surface area contributed by atoms with E-state index in [0.717, 1.165) is 6.07 Å². The van der Waals surface area contributed by atoms with Gasteiger partial charge in [0.15, 0.2) is 0 Å². The lowest BCUT2D eigenvalue weighted by Crippen LogP contribution is -2.39. The van der Waals surface area contributed by atoms with E-state index in [9.17, 15) is 14.0 Å². The maximum absolute atomic E-state index is 13.4. The molecule has 0 bridgehead atoms. The Bertz CT molecular complexity index is 498. The van der Waals surface area contributed by atoms with Crippen molar-refractivity contribution in [2.24, 2.45) is 5.41 Å². The fraction of sp³-hybridized carbons (Fsp3) is 0.385. The minimum atomic E-state index is -0.622. The first-order valence-electron chi connectivity index (χ1n) is 5.73. The Morgan fingerprint density at radius 1 is 1.32 bits per heavy atom. The van der Waals surface area contributed by atoms with Crippen molar-refractivity contribution in [3.05, 3.63) is 29.0 Å². The summed E-state index contributed by atoms with van der Waals surface area (Å²) in [7, 11) is 0. The maximum atomic E-state index is 13.4. The molecule has 0 aromatic heterocycles. The maximum Gasteiger partial charge on any atom is 0.243 e. The van der Waals surface area contributed by atoms with Gasteiger partial charge < -0.3 is 10.6 Å². The fourth-order valence-corrected chi connectivity index (χ4v) is 1.37. The van der Waals surface area contributed by atoms with Gasteiger partial charge in [-0.3, -0.25) is 9.59 Å². The average Bonchev–Trinajstić information content (AvgIpc) is 2.28. The molecule has 1 rings (SSSR count). The minimum absolute atomic E-state index is 0.0272. The van der Waals surface area contributed by atoms with Crippen LogP contribution in [0, 0.1) is 11.2 Å². The normalized spacial score (nSPS) is 11.0. The van der Waals surface area contributed by atoms with Crippen LogP contribution < -0.4 is 10.6 Å². The molecule has 0 saturated carbocycles. The molecule has 0 atom stereocenters. The second-order valence-corrected chi connectivity index (χ2v) is 5.54. The molecule has 2 amide bonds. The minimum Gasteiger partial charge on any atom is -0.347 e. The van der Waals surface area contributed by atoms with Crippen molar-refractivity contribution in [2.75, 3.05) is 11.9 Å². The average molecular weight is 287 g/mol. The number of hydrogen-bond acceptors (Lipinski definition) is 2. The molecule has 0 unspecified atom stereocenters. The van der Waals surface area contributed by atoms with Crippen molar-refractivity contribution in [1.29, 1.82) is 0 Å². The van der Waals surface area contributed by atoms with E-state index < -0.39 is 17.1 Å². The predicted molar refractivity (Wildman–Crippen MR) is 72.5 cm³/mol. The molecule has 4 nitrogen and oxygen atoms in total. The van der Waals surface area contributed by atoms with Crippen LogP contribution in [0.3, 0.4) is 0 Å². The molecule has 0 aliphatic heterocycles. The summed E-state index contributed by atoms with van der Waals surface area (Å²) in [5, 5.41) is 5.08. The van der Waals surface area contributed by atoms with Crippen LogP contribution in [0.4, 0.5) is 10.1 Å². The molecule has 104 valence electrons. The molecule has 19 heavy (non-hydrogen) atoms. The van der Waals surface area contributed by atoms with Crippen molar-refractivity contribution >= 4 is 29.1 Å². The molecular formula is C13H16ClFN2O2. The SMILES string of the molecule is CC(C)(C)C(=O)NCC(=O)Nc1ccc(Cl)cc1F. The number of carbonyl (C=O) groups excluding carboxylic acids is 2. The molecule has 0 heterocycles. The predicted octanol–water partition coefficient (Wildman–Crippen LogP) is 2.58. The summed E-state index contributed by atoms with van der Waals surface area (Å²) >= 11 is 5.60. The van der Waals surface area contributed by atoms with Crippen molar-refractivity contribution in [1.82, 2.24) is 5.32 Å². The van der Waals surface area contributed by atoms with E-state index in [1.807, 2.05) is 0 Å². The Morgan fingerprint density at radius 3 is 2.47 bits per heavy atom. The number of amides is 2. The van der Waals surface area contributed by atoms with Crippen LogP contribution in [0.25, 0.3) is 0 Å². The Labute approximate surface area is 116 Å². The van der Waals surface area contributed by atoms with E-state index in [2.05, 4.69) is 10.6 Å². The van der Waals surface area contributed by atoms with Crippen LogP contribution in [0.15, 0.2) is 18.2 Å². The second kappa shape index (κ2) is 6.02. The molecule has 0 aliphatic carbocycles. The summed E-state index contributed by atoms with van der Waals surface area (Å²) in [4.78, 5) is 23.1. The van der Waals surface area contributed by atoms with Gasteiger partial charge in [0.1, 0.15) is 5.82 Å². The number of benzene rings is 1. The largest absolute Gasteiger partial charge is 0.347 e. The quantitative estimate of drug-likeness (QED) is 0.897. The van der Waals surface area contributed by atoms with Gasteiger partial charge in [-0.15, -0.1) is 0 Å². The van der Waals surface area contributed by atoms with Gasteiger partial charge in [-0.25, -0.2) is 4.39 Å². The van der Waals surface area contributed by atoms with E-state index in [-0.39, 0.29) is 23.2 Å². The van der Waals surface area contributed by atoms with Gasteiger partial charge in [0.25, 0.3) is 0 Å². The molecule has 1 aromatic carbocycles. The van der Waals surface area contributed by atoms with Gasteiger partial charge in [0, 0.05) is 10.4 Å². The fourth-order valence-electron chi connectivity index (χ4n) is 1.21. The Morgan fingerprint density at radius 2 is 1.95 bits per heavy atom. The smallest absolute Gasteiger partial charge is 0.243 e. The Hall–Kier alpha value is -1.62. The molecule has 6 heteroatoms. The van der Waals surface area contributed by atoms with Crippen LogP contribution in [0.2, 0.25) is 5.02 Å². The highest BCUT2D eigenvalue weighted by Crippen LogP contribution is 2.18. The summed E-state index contributed by atoms with van der Waals surface area (Å²) in [6.45, 7) is 5.00. The molecule has 2 N–H and O–H groups in total. The van der Waals surface area contributed by atoms with Gasteiger partial charge in [-0.1, -0.05) is 32.4 Å². The van der Waals surface area contributed by atoms with Gasteiger partial charge in [-0.2, -0.15) is 0 Å². The Kier molecular flexibility index (Phi) is 4.89. The molecule has 0 saturated heterocycles. The summed E-state index contributed by atoms with van der Waals surface area (Å²) in [6, 6.07) is 3.93. The van der Waals surface area contributed by atoms with Gasteiger partial charge in [0.2, 0.25) is 11.8 Å². The third kappa shape index (κ3) is 4.87. The first-order chi connectivity index (χ1) is 8.70. The van der Waals surface area contributed by atoms with Crippen molar-refractivity contribution in [3.8, 4) is 0 Å². The van der Waals surface area contributed by atoms with Crippen molar-refractivity contribution in [2.45, 2.75) is 20.8 Å². The third-order valence-corrected chi connectivity index (χ3v) is 2.53. The van der Waals surface area contributed by atoms with Crippen LogP contribution in [-0.4, -0.2) is 18.4 Å². The van der Waals surface area contributed by atoms with Crippen molar-refractivity contribution < 1.29 is 14.0 Å². The number of hydrogen-bond donors (Lipinski definition) is 2. The molecule has 0 spiro atoms. The van der Waals surface area contributed by atoms with E-state index in [0.29, 0.717) is 0 Å². The molecular weight excluding hydrogens is 271 g/mol. The highest BCUT2D eigenvalue weighted by atomic mass is 35.5. The summed E-state index contributed by atoms with van der Waals surface area (Å²) in [5.41, 5.74) is -0.550. The van der Waals surface area contributed by atoms with Crippen LogP contribution >= 0.6 is 11.6 Å². The molecule has 0 radical (unpaired) electrons. The first kappa shape index (κ1) is 15.4. The molecule has 0 fully saturated rings. The zero-order chi connectivity index (χ0) is 14.6. The topological polar surface area (TPSA) is 58.2 Å². The lowest BCUT2D eigenvalue weighted by atomic mass is 9.96. The van der Waals surface area contributed by atoms with Crippen LogP contribution in [0.5, 0.6) is 0 Å². The van der Waals surface area contributed by atoms with E-state index in [4.69, 9.17) is 11.6 Å².